The maximum atomic E-state index is 12.1. The molecule has 24 heavy (non-hydrogen) atoms. The van der Waals surface area contributed by atoms with Crippen LogP contribution in [-0.2, 0) is 6.54 Å². The van der Waals surface area contributed by atoms with Crippen molar-refractivity contribution >= 4 is 5.69 Å². The van der Waals surface area contributed by atoms with Crippen molar-refractivity contribution in [2.45, 2.75) is 44.2 Å². The molecule has 0 spiro atoms. The average Bonchev–Trinajstić information content (AvgIpc) is 2.57. The van der Waals surface area contributed by atoms with Gasteiger partial charge in [-0.2, -0.15) is 5.10 Å². The van der Waals surface area contributed by atoms with E-state index in [0.29, 0.717) is 24.1 Å². The van der Waals surface area contributed by atoms with Crippen LogP contribution in [0, 0.1) is 10.1 Å². The number of nitro groups is 1. The first kappa shape index (κ1) is 16.3. The van der Waals surface area contributed by atoms with E-state index in [2.05, 4.69) is 5.10 Å². The predicted octanol–water partition coefficient (Wildman–Crippen LogP) is 2.51. The number of rotatable bonds is 4. The van der Waals surface area contributed by atoms with E-state index in [-0.39, 0.29) is 17.8 Å². The topological polar surface area (TPSA) is 98.3 Å². The molecular weight excluding hydrogens is 310 g/mol. The lowest BCUT2D eigenvalue weighted by molar-refractivity contribution is -0.384. The average molecular weight is 329 g/mol. The molecule has 0 bridgehead atoms. The third kappa shape index (κ3) is 3.51. The molecule has 0 amide bonds. The Labute approximate surface area is 138 Å². The molecule has 1 N–H and O–H groups in total. The van der Waals surface area contributed by atoms with Crippen LogP contribution in [0.15, 0.2) is 41.2 Å². The van der Waals surface area contributed by atoms with Crippen LogP contribution in [0.3, 0.4) is 0 Å². The van der Waals surface area contributed by atoms with Gasteiger partial charge in [0, 0.05) is 23.8 Å². The summed E-state index contributed by atoms with van der Waals surface area (Å²) in [4.78, 5) is 22.5. The quantitative estimate of drug-likeness (QED) is 0.686. The fraction of sp³-hybridized carbons (Fsp3) is 0.412. The normalized spacial score (nSPS) is 16.7. The molecule has 3 rings (SSSR count). The van der Waals surface area contributed by atoms with Crippen molar-refractivity contribution in [3.8, 4) is 11.3 Å². The zero-order valence-corrected chi connectivity index (χ0v) is 13.2. The molecule has 7 heteroatoms. The van der Waals surface area contributed by atoms with Crippen molar-refractivity contribution in [2.24, 2.45) is 0 Å². The molecular formula is C17H19N3O4. The van der Waals surface area contributed by atoms with Gasteiger partial charge in [-0.1, -0.05) is 31.4 Å². The molecule has 1 heterocycles. The number of aliphatic hydroxyl groups is 1. The van der Waals surface area contributed by atoms with E-state index in [1.54, 1.807) is 18.2 Å². The lowest BCUT2D eigenvalue weighted by Crippen LogP contribution is -2.40. The van der Waals surface area contributed by atoms with Gasteiger partial charge in [0.05, 0.1) is 22.8 Å². The van der Waals surface area contributed by atoms with Crippen LogP contribution >= 0.6 is 0 Å². The van der Waals surface area contributed by atoms with Crippen LogP contribution < -0.4 is 5.56 Å². The largest absolute Gasteiger partial charge is 0.388 e. The number of hydrogen-bond donors (Lipinski definition) is 1. The standard InChI is InChI=1S/C17H19N3O4/c21-16-8-7-15(13-5-4-6-14(11-13)20(23)24)18-19(16)12-17(22)9-2-1-3-10-17/h4-8,11,22H,1-3,9-10,12H2. The molecule has 0 atom stereocenters. The van der Waals surface area contributed by atoms with Crippen LogP contribution in [-0.4, -0.2) is 25.4 Å². The van der Waals surface area contributed by atoms with Gasteiger partial charge < -0.3 is 5.11 Å². The molecule has 126 valence electrons. The van der Waals surface area contributed by atoms with Crippen molar-refractivity contribution < 1.29 is 10.0 Å². The van der Waals surface area contributed by atoms with Gasteiger partial charge in [-0.15, -0.1) is 0 Å². The van der Waals surface area contributed by atoms with E-state index in [4.69, 9.17) is 0 Å². The minimum absolute atomic E-state index is 0.0297. The number of non-ortho nitro benzene ring substituents is 1. The predicted molar refractivity (Wildman–Crippen MR) is 88.6 cm³/mol. The Kier molecular flexibility index (Phi) is 4.44. The number of nitro benzene ring substituents is 1. The molecule has 1 aliphatic carbocycles. The number of nitrogens with zero attached hydrogens (tertiary/aromatic N) is 3. The lowest BCUT2D eigenvalue weighted by atomic mass is 9.85. The highest BCUT2D eigenvalue weighted by molar-refractivity contribution is 5.61. The van der Waals surface area contributed by atoms with Gasteiger partial charge in [-0.25, -0.2) is 4.68 Å². The Morgan fingerprint density at radius 2 is 1.96 bits per heavy atom. The molecule has 0 radical (unpaired) electrons. The van der Waals surface area contributed by atoms with E-state index in [0.717, 1.165) is 19.3 Å². The lowest BCUT2D eigenvalue weighted by Gasteiger charge is -2.32. The minimum atomic E-state index is -0.906. The van der Waals surface area contributed by atoms with Crippen molar-refractivity contribution in [2.75, 3.05) is 0 Å². The summed E-state index contributed by atoms with van der Waals surface area (Å²) in [5, 5.41) is 25.8. The summed E-state index contributed by atoms with van der Waals surface area (Å²) >= 11 is 0. The van der Waals surface area contributed by atoms with Gasteiger partial charge in [-0.3, -0.25) is 14.9 Å². The maximum Gasteiger partial charge on any atom is 0.270 e. The number of hydrogen-bond acceptors (Lipinski definition) is 5. The number of benzene rings is 1. The highest BCUT2D eigenvalue weighted by Gasteiger charge is 2.30. The van der Waals surface area contributed by atoms with Crippen LogP contribution in [0.5, 0.6) is 0 Å². The van der Waals surface area contributed by atoms with Gasteiger partial charge in [0.15, 0.2) is 0 Å². The second kappa shape index (κ2) is 6.52. The van der Waals surface area contributed by atoms with E-state index < -0.39 is 10.5 Å². The van der Waals surface area contributed by atoms with E-state index in [9.17, 15) is 20.0 Å². The van der Waals surface area contributed by atoms with Gasteiger partial charge in [0.25, 0.3) is 11.2 Å². The molecule has 0 aliphatic heterocycles. The SMILES string of the molecule is O=c1ccc(-c2cccc([N+](=O)[O-])c2)nn1CC1(O)CCCCC1. The highest BCUT2D eigenvalue weighted by Crippen LogP contribution is 2.29. The van der Waals surface area contributed by atoms with Gasteiger partial charge in [0.2, 0.25) is 0 Å². The Morgan fingerprint density at radius 1 is 1.21 bits per heavy atom. The fourth-order valence-corrected chi connectivity index (χ4v) is 3.14. The Hall–Kier alpha value is -2.54. The first-order valence-corrected chi connectivity index (χ1v) is 8.02. The summed E-state index contributed by atoms with van der Waals surface area (Å²) in [6.07, 6.45) is 4.29. The minimum Gasteiger partial charge on any atom is -0.388 e. The van der Waals surface area contributed by atoms with Crippen LogP contribution in [0.4, 0.5) is 5.69 Å². The van der Waals surface area contributed by atoms with Crippen LogP contribution in [0.25, 0.3) is 11.3 Å². The third-order valence-corrected chi connectivity index (χ3v) is 4.45. The zero-order chi connectivity index (χ0) is 17.2. The maximum absolute atomic E-state index is 12.1. The van der Waals surface area contributed by atoms with E-state index in [1.807, 2.05) is 0 Å². The van der Waals surface area contributed by atoms with Crippen LogP contribution in [0.2, 0.25) is 0 Å². The Bertz CT molecular complexity index is 809. The summed E-state index contributed by atoms with van der Waals surface area (Å²) in [5.74, 6) is 0. The molecule has 0 unspecified atom stereocenters. The van der Waals surface area contributed by atoms with Crippen molar-refractivity contribution in [1.82, 2.24) is 9.78 Å². The molecule has 1 saturated carbocycles. The second-order valence-corrected chi connectivity index (χ2v) is 6.31. The summed E-state index contributed by atoms with van der Waals surface area (Å²) in [6, 6.07) is 9.05. The summed E-state index contributed by atoms with van der Waals surface area (Å²) < 4.78 is 1.26. The fourth-order valence-electron chi connectivity index (χ4n) is 3.14. The monoisotopic (exact) mass is 329 g/mol. The molecule has 1 aromatic heterocycles. The van der Waals surface area contributed by atoms with Crippen molar-refractivity contribution in [3.05, 3.63) is 56.9 Å². The third-order valence-electron chi connectivity index (χ3n) is 4.45. The summed E-state index contributed by atoms with van der Waals surface area (Å²) in [7, 11) is 0. The smallest absolute Gasteiger partial charge is 0.270 e. The summed E-state index contributed by atoms with van der Waals surface area (Å²) in [6.45, 7) is 0.147. The van der Waals surface area contributed by atoms with Crippen LogP contribution in [0.1, 0.15) is 32.1 Å². The van der Waals surface area contributed by atoms with Gasteiger partial charge in [0.1, 0.15) is 0 Å². The van der Waals surface area contributed by atoms with Gasteiger partial charge in [-0.05, 0) is 18.9 Å². The summed E-state index contributed by atoms with van der Waals surface area (Å²) in [5.41, 5.74) is -0.191. The zero-order valence-electron chi connectivity index (χ0n) is 13.2. The Morgan fingerprint density at radius 3 is 2.67 bits per heavy atom. The molecule has 1 aliphatic rings. The van der Waals surface area contributed by atoms with Crippen molar-refractivity contribution in [3.63, 3.8) is 0 Å². The Balaban J connectivity index is 1.93. The molecule has 1 fully saturated rings. The molecule has 7 nitrogen and oxygen atoms in total. The first-order chi connectivity index (χ1) is 11.5. The second-order valence-electron chi connectivity index (χ2n) is 6.31. The molecule has 0 saturated heterocycles. The van der Waals surface area contributed by atoms with E-state index >= 15 is 0 Å². The highest BCUT2D eigenvalue weighted by atomic mass is 16.6. The van der Waals surface area contributed by atoms with E-state index in [1.165, 1.54) is 22.9 Å². The first-order valence-electron chi connectivity index (χ1n) is 8.02. The number of aromatic nitrogens is 2. The molecule has 1 aromatic carbocycles. The molecule has 2 aromatic rings. The van der Waals surface area contributed by atoms with Crippen molar-refractivity contribution in [1.29, 1.82) is 0 Å². The van der Waals surface area contributed by atoms with Gasteiger partial charge >= 0.3 is 0 Å².